The number of ether oxygens (including phenoxy) is 1. The molecule has 28 heavy (non-hydrogen) atoms. The molecule has 0 spiro atoms. The zero-order chi connectivity index (χ0) is 20.1. The highest BCUT2D eigenvalue weighted by molar-refractivity contribution is 5.41. The van der Waals surface area contributed by atoms with Gasteiger partial charge in [0.05, 0.1) is 24.5 Å². The second kappa shape index (κ2) is 9.34. The van der Waals surface area contributed by atoms with Crippen molar-refractivity contribution in [3.05, 3.63) is 57.5 Å². The highest BCUT2D eigenvalue weighted by Crippen LogP contribution is 2.22. The second-order valence-electron chi connectivity index (χ2n) is 7.94. The first kappa shape index (κ1) is 20.6. The maximum absolute atomic E-state index is 12.7. The number of piperidine rings is 1. The first-order valence-corrected chi connectivity index (χ1v) is 10.0. The average molecular weight is 385 g/mol. The van der Waals surface area contributed by atoms with E-state index in [1.165, 1.54) is 16.7 Å². The lowest BCUT2D eigenvalue weighted by molar-refractivity contribution is 0.160. The summed E-state index contributed by atoms with van der Waals surface area (Å²) in [6, 6.07) is 8.53. The van der Waals surface area contributed by atoms with E-state index in [1.807, 2.05) is 11.9 Å². The third-order valence-electron chi connectivity index (χ3n) is 5.40. The van der Waals surface area contributed by atoms with E-state index in [1.54, 1.807) is 24.1 Å². The van der Waals surface area contributed by atoms with Crippen molar-refractivity contribution in [1.82, 2.24) is 14.7 Å². The molecule has 6 nitrogen and oxygen atoms in total. The fraction of sp³-hybridized carbons (Fsp3) is 0.545. The van der Waals surface area contributed by atoms with Crippen LogP contribution in [0.4, 0.5) is 5.69 Å². The van der Waals surface area contributed by atoms with Gasteiger partial charge in [-0.15, -0.1) is 0 Å². The lowest BCUT2D eigenvalue weighted by Crippen LogP contribution is -2.40. The summed E-state index contributed by atoms with van der Waals surface area (Å²) in [6.45, 7) is 8.49. The van der Waals surface area contributed by atoms with Gasteiger partial charge in [0.2, 0.25) is 0 Å². The van der Waals surface area contributed by atoms with E-state index in [2.05, 4.69) is 42.0 Å². The molecule has 0 radical (unpaired) electrons. The predicted molar refractivity (Wildman–Crippen MR) is 113 cm³/mol. The van der Waals surface area contributed by atoms with E-state index in [0.717, 1.165) is 44.7 Å². The van der Waals surface area contributed by atoms with Crippen LogP contribution < -0.4 is 10.5 Å². The molecule has 0 bridgehead atoms. The Bertz CT molecular complexity index is 828. The number of benzene rings is 1. The monoisotopic (exact) mass is 384 g/mol. The molecule has 1 aliphatic rings. The standard InChI is InChI=1S/C22H32N4O2/c1-17-10-18(2)12-19(11-17)15-25-7-5-6-20(16-25)26-22(27)13-21(14-23-26)24(3)8-9-28-4/h10-14,20H,5-9,15-16H2,1-4H3. The number of rotatable bonds is 7. The number of anilines is 1. The van der Waals surface area contributed by atoms with Gasteiger partial charge in [0.25, 0.3) is 5.56 Å². The lowest BCUT2D eigenvalue weighted by atomic mass is 10.0. The molecule has 1 fully saturated rings. The molecule has 3 rings (SSSR count). The second-order valence-corrected chi connectivity index (χ2v) is 7.94. The first-order valence-electron chi connectivity index (χ1n) is 10.0. The minimum absolute atomic E-state index is 0.0278. The van der Waals surface area contributed by atoms with Crippen molar-refractivity contribution in [2.45, 2.75) is 39.3 Å². The van der Waals surface area contributed by atoms with Gasteiger partial charge in [-0.2, -0.15) is 5.10 Å². The average Bonchev–Trinajstić information content (AvgIpc) is 2.65. The molecule has 1 aliphatic heterocycles. The Kier molecular flexibility index (Phi) is 6.86. The Labute approximate surface area is 167 Å². The molecule has 1 atom stereocenters. The SMILES string of the molecule is COCCN(C)c1cnn(C2CCCN(Cc3cc(C)cc(C)c3)C2)c(=O)c1. The van der Waals surface area contributed by atoms with Gasteiger partial charge in [0.15, 0.2) is 0 Å². The van der Waals surface area contributed by atoms with Crippen molar-refractivity contribution in [1.29, 1.82) is 0 Å². The number of aromatic nitrogens is 2. The fourth-order valence-corrected chi connectivity index (χ4v) is 4.04. The van der Waals surface area contributed by atoms with E-state index < -0.39 is 0 Å². The summed E-state index contributed by atoms with van der Waals surface area (Å²) in [4.78, 5) is 17.1. The van der Waals surface area contributed by atoms with Crippen molar-refractivity contribution >= 4 is 5.69 Å². The molecule has 152 valence electrons. The molecule has 0 amide bonds. The summed E-state index contributed by atoms with van der Waals surface area (Å²) < 4.78 is 6.78. The number of nitrogens with zero attached hydrogens (tertiary/aromatic N) is 4. The van der Waals surface area contributed by atoms with Crippen LogP contribution in [-0.2, 0) is 11.3 Å². The van der Waals surface area contributed by atoms with Gasteiger partial charge in [0.1, 0.15) is 0 Å². The zero-order valence-corrected chi connectivity index (χ0v) is 17.5. The van der Waals surface area contributed by atoms with E-state index in [9.17, 15) is 4.79 Å². The quantitative estimate of drug-likeness (QED) is 0.735. The Hall–Kier alpha value is -2.18. The summed E-state index contributed by atoms with van der Waals surface area (Å²) in [7, 11) is 3.63. The zero-order valence-electron chi connectivity index (χ0n) is 17.5. The summed E-state index contributed by atoms with van der Waals surface area (Å²) in [5.41, 5.74) is 4.75. The third kappa shape index (κ3) is 5.20. The van der Waals surface area contributed by atoms with E-state index in [-0.39, 0.29) is 11.6 Å². The maximum atomic E-state index is 12.7. The summed E-state index contributed by atoms with van der Waals surface area (Å²) in [5, 5.41) is 4.50. The Morgan fingerprint density at radius 3 is 2.64 bits per heavy atom. The Balaban J connectivity index is 1.69. The van der Waals surface area contributed by atoms with Crippen molar-refractivity contribution in [2.24, 2.45) is 0 Å². The molecule has 1 aromatic carbocycles. The number of likely N-dealkylation sites (N-methyl/N-ethyl adjacent to an activating group) is 1. The smallest absolute Gasteiger partial charge is 0.269 e. The van der Waals surface area contributed by atoms with Gasteiger partial charge < -0.3 is 9.64 Å². The van der Waals surface area contributed by atoms with Crippen LogP contribution in [0, 0.1) is 13.8 Å². The van der Waals surface area contributed by atoms with E-state index >= 15 is 0 Å². The van der Waals surface area contributed by atoms with Crippen LogP contribution >= 0.6 is 0 Å². The number of hydrogen-bond acceptors (Lipinski definition) is 5. The lowest BCUT2D eigenvalue weighted by Gasteiger charge is -2.33. The molecule has 0 saturated carbocycles. The topological polar surface area (TPSA) is 50.6 Å². The van der Waals surface area contributed by atoms with Gasteiger partial charge in [0, 0.05) is 39.9 Å². The molecule has 0 aliphatic carbocycles. The molecular weight excluding hydrogens is 352 g/mol. The third-order valence-corrected chi connectivity index (χ3v) is 5.40. The largest absolute Gasteiger partial charge is 0.383 e. The van der Waals surface area contributed by atoms with Gasteiger partial charge in [-0.1, -0.05) is 29.3 Å². The molecule has 1 aromatic heterocycles. The normalized spacial score (nSPS) is 17.6. The molecule has 1 unspecified atom stereocenters. The van der Waals surface area contributed by atoms with Crippen molar-refractivity contribution in [3.8, 4) is 0 Å². The van der Waals surface area contributed by atoms with Crippen LogP contribution in [-0.4, -0.2) is 55.1 Å². The Morgan fingerprint density at radius 2 is 1.96 bits per heavy atom. The van der Waals surface area contributed by atoms with Gasteiger partial charge in [-0.3, -0.25) is 9.69 Å². The number of hydrogen-bond donors (Lipinski definition) is 0. The summed E-state index contributed by atoms with van der Waals surface area (Å²) >= 11 is 0. The summed E-state index contributed by atoms with van der Waals surface area (Å²) in [6.07, 6.45) is 3.87. The molecule has 0 N–H and O–H groups in total. The molecule has 2 heterocycles. The van der Waals surface area contributed by atoms with Crippen LogP contribution in [0.5, 0.6) is 0 Å². The highest BCUT2D eigenvalue weighted by Gasteiger charge is 2.23. The minimum atomic E-state index is -0.0278. The van der Waals surface area contributed by atoms with Gasteiger partial charge >= 0.3 is 0 Å². The van der Waals surface area contributed by atoms with E-state index in [4.69, 9.17) is 4.74 Å². The molecular formula is C22H32N4O2. The minimum Gasteiger partial charge on any atom is -0.383 e. The maximum Gasteiger partial charge on any atom is 0.269 e. The van der Waals surface area contributed by atoms with Crippen LogP contribution in [0.2, 0.25) is 0 Å². The molecule has 2 aromatic rings. The van der Waals surface area contributed by atoms with Crippen molar-refractivity contribution < 1.29 is 4.74 Å². The van der Waals surface area contributed by atoms with Crippen LogP contribution in [0.3, 0.4) is 0 Å². The first-order chi connectivity index (χ1) is 13.5. The van der Waals surface area contributed by atoms with Crippen LogP contribution in [0.25, 0.3) is 0 Å². The van der Waals surface area contributed by atoms with Gasteiger partial charge in [-0.05, 0) is 38.8 Å². The van der Waals surface area contributed by atoms with Crippen LogP contribution in [0.1, 0.15) is 35.6 Å². The van der Waals surface area contributed by atoms with Crippen LogP contribution in [0.15, 0.2) is 35.3 Å². The number of likely N-dealkylation sites (tertiary alicyclic amines) is 1. The number of aryl methyl sites for hydroxylation is 2. The van der Waals surface area contributed by atoms with Crippen molar-refractivity contribution in [2.75, 3.05) is 45.3 Å². The fourth-order valence-electron chi connectivity index (χ4n) is 4.04. The van der Waals surface area contributed by atoms with Gasteiger partial charge in [-0.25, -0.2) is 4.68 Å². The molecule has 1 saturated heterocycles. The van der Waals surface area contributed by atoms with Crippen molar-refractivity contribution in [3.63, 3.8) is 0 Å². The van der Waals surface area contributed by atoms with E-state index in [0.29, 0.717) is 6.61 Å². The molecule has 6 heteroatoms. The summed E-state index contributed by atoms with van der Waals surface area (Å²) in [5.74, 6) is 0. The number of methoxy groups -OCH3 is 1. The Morgan fingerprint density at radius 1 is 1.21 bits per heavy atom. The predicted octanol–water partition coefficient (Wildman–Crippen LogP) is 2.78. The highest BCUT2D eigenvalue weighted by atomic mass is 16.5.